The number of rotatable bonds is 2. The molecule has 0 unspecified atom stereocenters. The summed E-state index contributed by atoms with van der Waals surface area (Å²) in [7, 11) is 3.57. The summed E-state index contributed by atoms with van der Waals surface area (Å²) in [4.78, 5) is 32.2. The molecule has 0 aliphatic rings. The largest absolute Gasteiger partial charge is 0.350 e. The number of aromatic amines is 1. The molecule has 1 N–H and O–H groups in total. The van der Waals surface area contributed by atoms with Crippen molar-refractivity contribution in [3.05, 3.63) is 86.7 Å². The van der Waals surface area contributed by atoms with Gasteiger partial charge in [-0.15, -0.1) is 0 Å². The molecule has 0 aliphatic heterocycles. The molecule has 0 amide bonds. The maximum atomic E-state index is 12.8. The van der Waals surface area contributed by atoms with Crippen molar-refractivity contribution in [2.24, 2.45) is 14.1 Å². The minimum Gasteiger partial charge on any atom is -0.350 e. The number of hydrogen-bond acceptors (Lipinski definition) is 3. The number of fused-ring (bicyclic) bond motifs is 2. The number of aromatic nitrogens is 4. The van der Waals surface area contributed by atoms with Gasteiger partial charge in [-0.25, -0.2) is 9.78 Å². The van der Waals surface area contributed by atoms with Crippen LogP contribution in [0.15, 0.2) is 70.4 Å². The zero-order valence-electron chi connectivity index (χ0n) is 16.3. The molecule has 0 bridgehead atoms. The van der Waals surface area contributed by atoms with E-state index in [9.17, 15) is 9.59 Å². The summed E-state index contributed by atoms with van der Waals surface area (Å²) in [5.74, 6) is 0. The van der Waals surface area contributed by atoms with Gasteiger partial charge < -0.3 is 4.57 Å². The standard InChI is InChI=1S/C23H17ClN4O2/c1-27-12-17(15-5-3-4-6-19(15)27)16-11-18(13-7-9-14(24)10-8-13)25-21-20(16)22(29)26-23(30)28(21)2/h3-12H,1-2H3,(H,26,29,30). The number of para-hydroxylation sites is 1. The number of hydrogen-bond donors (Lipinski definition) is 1. The highest BCUT2D eigenvalue weighted by atomic mass is 35.5. The molecule has 2 aromatic carbocycles. The van der Waals surface area contributed by atoms with Gasteiger partial charge in [0.15, 0.2) is 5.65 Å². The molecule has 0 fully saturated rings. The summed E-state index contributed by atoms with van der Waals surface area (Å²) in [6.07, 6.45) is 2.00. The molecule has 0 saturated heterocycles. The number of aryl methyl sites for hydroxylation is 2. The number of H-pyrrole nitrogens is 1. The summed E-state index contributed by atoms with van der Waals surface area (Å²) in [6, 6.07) is 17.2. The number of nitrogens with zero attached hydrogens (tertiary/aromatic N) is 3. The molecule has 148 valence electrons. The number of pyridine rings is 1. The Bertz CT molecular complexity index is 1560. The van der Waals surface area contributed by atoms with Crippen LogP contribution in [0, 0.1) is 0 Å². The SMILES string of the molecule is Cn1cc(-c2cc(-c3ccc(Cl)cc3)nc3c2c(=O)[nH]c(=O)n3C)c2ccccc21. The van der Waals surface area contributed by atoms with Crippen LogP contribution >= 0.6 is 11.6 Å². The third kappa shape index (κ3) is 2.76. The topological polar surface area (TPSA) is 72.7 Å². The van der Waals surface area contributed by atoms with Gasteiger partial charge in [-0.3, -0.25) is 14.3 Å². The van der Waals surface area contributed by atoms with E-state index in [-0.39, 0.29) is 0 Å². The molecule has 3 aromatic heterocycles. The first-order valence-corrected chi connectivity index (χ1v) is 9.76. The maximum Gasteiger partial charge on any atom is 0.329 e. The summed E-state index contributed by atoms with van der Waals surface area (Å²) >= 11 is 6.04. The van der Waals surface area contributed by atoms with Crippen LogP contribution in [0.3, 0.4) is 0 Å². The van der Waals surface area contributed by atoms with E-state index >= 15 is 0 Å². The first-order valence-electron chi connectivity index (χ1n) is 9.38. The molecule has 7 heteroatoms. The zero-order chi connectivity index (χ0) is 21.0. The minimum absolute atomic E-state index is 0.333. The summed E-state index contributed by atoms with van der Waals surface area (Å²) in [6.45, 7) is 0. The van der Waals surface area contributed by atoms with E-state index in [1.165, 1.54) is 4.57 Å². The van der Waals surface area contributed by atoms with Gasteiger partial charge in [0.2, 0.25) is 0 Å². The average Bonchev–Trinajstić information content (AvgIpc) is 3.08. The van der Waals surface area contributed by atoms with E-state index in [0.29, 0.717) is 21.7 Å². The van der Waals surface area contributed by atoms with E-state index in [1.807, 2.05) is 60.3 Å². The van der Waals surface area contributed by atoms with Crippen molar-refractivity contribution in [2.75, 3.05) is 0 Å². The van der Waals surface area contributed by atoms with Crippen molar-refractivity contribution >= 4 is 33.5 Å². The molecule has 30 heavy (non-hydrogen) atoms. The van der Waals surface area contributed by atoms with Gasteiger partial charge in [-0.2, -0.15) is 0 Å². The van der Waals surface area contributed by atoms with E-state index in [1.54, 1.807) is 19.2 Å². The first-order chi connectivity index (χ1) is 14.4. The van der Waals surface area contributed by atoms with Gasteiger partial charge >= 0.3 is 5.69 Å². The maximum absolute atomic E-state index is 12.8. The molecular weight excluding hydrogens is 400 g/mol. The van der Waals surface area contributed by atoms with Crippen molar-refractivity contribution in [1.29, 1.82) is 0 Å². The predicted molar refractivity (Wildman–Crippen MR) is 120 cm³/mol. The monoisotopic (exact) mass is 416 g/mol. The summed E-state index contributed by atoms with van der Waals surface area (Å²) in [5, 5.41) is 2.02. The third-order valence-corrected chi connectivity index (χ3v) is 5.65. The van der Waals surface area contributed by atoms with Gasteiger partial charge in [0.25, 0.3) is 5.56 Å². The molecule has 0 radical (unpaired) electrons. The first kappa shape index (κ1) is 18.4. The Morgan fingerprint density at radius 3 is 2.47 bits per heavy atom. The molecule has 0 spiro atoms. The molecule has 5 aromatic rings. The second-order valence-electron chi connectivity index (χ2n) is 7.25. The Hall–Kier alpha value is -3.64. The van der Waals surface area contributed by atoms with Crippen LogP contribution in [0.4, 0.5) is 0 Å². The fourth-order valence-corrected chi connectivity index (χ4v) is 4.00. The lowest BCUT2D eigenvalue weighted by Crippen LogP contribution is -2.29. The van der Waals surface area contributed by atoms with Gasteiger partial charge in [-0.05, 0) is 24.3 Å². The van der Waals surface area contributed by atoms with Gasteiger partial charge in [0.1, 0.15) is 0 Å². The van der Waals surface area contributed by atoms with Crippen molar-refractivity contribution in [2.45, 2.75) is 0 Å². The zero-order valence-corrected chi connectivity index (χ0v) is 17.1. The van der Waals surface area contributed by atoms with E-state index in [0.717, 1.165) is 27.6 Å². The lowest BCUT2D eigenvalue weighted by atomic mass is 9.99. The highest BCUT2D eigenvalue weighted by Crippen LogP contribution is 2.35. The van der Waals surface area contributed by atoms with Crippen LogP contribution in [0.5, 0.6) is 0 Å². The van der Waals surface area contributed by atoms with Crippen molar-refractivity contribution in [1.82, 2.24) is 19.1 Å². The molecule has 0 aliphatic carbocycles. The van der Waals surface area contributed by atoms with Crippen molar-refractivity contribution < 1.29 is 0 Å². The highest BCUT2D eigenvalue weighted by molar-refractivity contribution is 6.30. The number of halogens is 1. The Morgan fingerprint density at radius 2 is 1.70 bits per heavy atom. The molecular formula is C23H17ClN4O2. The van der Waals surface area contributed by atoms with Crippen LogP contribution in [0.2, 0.25) is 5.02 Å². The summed E-state index contributed by atoms with van der Waals surface area (Å²) in [5.41, 5.74) is 3.55. The van der Waals surface area contributed by atoms with E-state index in [2.05, 4.69) is 9.97 Å². The van der Waals surface area contributed by atoms with E-state index < -0.39 is 11.2 Å². The van der Waals surface area contributed by atoms with Crippen molar-refractivity contribution in [3.8, 4) is 22.4 Å². The van der Waals surface area contributed by atoms with Crippen LogP contribution in [-0.2, 0) is 14.1 Å². The fourth-order valence-electron chi connectivity index (χ4n) is 3.88. The smallest absolute Gasteiger partial charge is 0.329 e. The lowest BCUT2D eigenvalue weighted by molar-refractivity contribution is 0.830. The highest BCUT2D eigenvalue weighted by Gasteiger charge is 2.18. The van der Waals surface area contributed by atoms with Crippen LogP contribution in [0.25, 0.3) is 44.3 Å². The molecule has 6 nitrogen and oxygen atoms in total. The average molecular weight is 417 g/mol. The third-order valence-electron chi connectivity index (χ3n) is 5.40. The van der Waals surface area contributed by atoms with Crippen LogP contribution in [-0.4, -0.2) is 19.1 Å². The Labute approximate surface area is 176 Å². The number of nitrogens with one attached hydrogen (secondary N) is 1. The van der Waals surface area contributed by atoms with Gasteiger partial charge in [0, 0.05) is 52.9 Å². The van der Waals surface area contributed by atoms with Crippen LogP contribution < -0.4 is 11.2 Å². The molecule has 3 heterocycles. The second-order valence-corrected chi connectivity index (χ2v) is 7.69. The van der Waals surface area contributed by atoms with E-state index in [4.69, 9.17) is 11.6 Å². The van der Waals surface area contributed by atoms with Crippen LogP contribution in [0.1, 0.15) is 0 Å². The normalized spacial score (nSPS) is 11.4. The fraction of sp³-hybridized carbons (Fsp3) is 0.0870. The second kappa shape index (κ2) is 6.71. The minimum atomic E-state index is -0.503. The molecule has 5 rings (SSSR count). The quantitative estimate of drug-likeness (QED) is 0.471. The Balaban J connectivity index is 1.95. The number of benzene rings is 2. The van der Waals surface area contributed by atoms with Gasteiger partial charge in [0.05, 0.1) is 11.1 Å². The predicted octanol–water partition coefficient (Wildman–Crippen LogP) is 4.10. The van der Waals surface area contributed by atoms with Gasteiger partial charge in [-0.1, -0.05) is 41.9 Å². The van der Waals surface area contributed by atoms with Crippen molar-refractivity contribution in [3.63, 3.8) is 0 Å². The Morgan fingerprint density at radius 1 is 0.967 bits per heavy atom. The molecule has 0 saturated carbocycles. The molecule has 0 atom stereocenters. The Kier molecular flexibility index (Phi) is 4.11. The lowest BCUT2D eigenvalue weighted by Gasteiger charge is -2.11. The summed E-state index contributed by atoms with van der Waals surface area (Å²) < 4.78 is 3.39.